The van der Waals surface area contributed by atoms with Gasteiger partial charge < -0.3 is 0 Å². The monoisotopic (exact) mass is 228 g/mol. The van der Waals surface area contributed by atoms with Gasteiger partial charge in [-0.15, -0.1) is 10.2 Å². The Bertz CT molecular complexity index is 682. The van der Waals surface area contributed by atoms with E-state index in [0.717, 1.165) is 6.26 Å². The van der Waals surface area contributed by atoms with Gasteiger partial charge in [0.05, 0.1) is 0 Å². The second-order valence-electron chi connectivity index (χ2n) is 3.19. The van der Waals surface area contributed by atoms with E-state index in [2.05, 4.69) is 15.2 Å². The van der Waals surface area contributed by atoms with Crippen LogP contribution < -0.4 is 5.56 Å². The number of rotatable bonds is 1. The van der Waals surface area contributed by atoms with Gasteiger partial charge in [-0.1, -0.05) is 0 Å². The van der Waals surface area contributed by atoms with Crippen LogP contribution in [0.15, 0.2) is 16.0 Å². The highest BCUT2D eigenvalue weighted by Gasteiger charge is 2.17. The fraction of sp³-hybridized carbons (Fsp3) is 0.286. The topological polar surface area (TPSA) is 97.2 Å². The molecule has 8 heteroatoms. The predicted octanol–water partition coefficient (Wildman–Crippen LogP) is -0.870. The number of nitrogens with one attached hydrogen (secondary N) is 1. The van der Waals surface area contributed by atoms with Gasteiger partial charge in [0.25, 0.3) is 10.7 Å². The maximum atomic E-state index is 11.3. The summed E-state index contributed by atoms with van der Waals surface area (Å²) in [4.78, 5) is 13.5. The van der Waals surface area contributed by atoms with Gasteiger partial charge in [0, 0.05) is 18.0 Å². The number of aromatic nitrogens is 4. The van der Waals surface area contributed by atoms with Crippen LogP contribution in [-0.2, 0) is 9.84 Å². The highest BCUT2D eigenvalue weighted by molar-refractivity contribution is 7.90. The summed E-state index contributed by atoms with van der Waals surface area (Å²) in [5.41, 5.74) is 0.131. The second kappa shape index (κ2) is 2.89. The molecule has 0 amide bonds. The summed E-state index contributed by atoms with van der Waals surface area (Å²) < 4.78 is 23.9. The first-order valence-electron chi connectivity index (χ1n) is 4.05. The van der Waals surface area contributed by atoms with E-state index in [1.165, 1.54) is 10.5 Å². The molecule has 0 bridgehead atoms. The van der Waals surface area contributed by atoms with E-state index in [1.807, 2.05) is 0 Å². The van der Waals surface area contributed by atoms with Crippen molar-refractivity contribution in [2.45, 2.75) is 12.1 Å². The third kappa shape index (κ3) is 1.52. The van der Waals surface area contributed by atoms with E-state index >= 15 is 0 Å². The Kier molecular flexibility index (Phi) is 1.90. The quantitative estimate of drug-likeness (QED) is 0.684. The minimum atomic E-state index is -3.45. The summed E-state index contributed by atoms with van der Waals surface area (Å²) in [7, 11) is -3.45. The predicted molar refractivity (Wildman–Crippen MR) is 51.5 cm³/mol. The lowest BCUT2D eigenvalue weighted by atomic mass is 10.4. The lowest BCUT2D eigenvalue weighted by Gasteiger charge is -1.99. The molecule has 2 aromatic rings. The van der Waals surface area contributed by atoms with E-state index in [9.17, 15) is 13.2 Å². The summed E-state index contributed by atoms with van der Waals surface area (Å²) in [6, 6.07) is 1.28. The molecule has 2 rings (SSSR count). The van der Waals surface area contributed by atoms with Gasteiger partial charge in [-0.05, 0) is 6.92 Å². The molecule has 0 aliphatic rings. The van der Waals surface area contributed by atoms with Crippen LogP contribution in [0.25, 0.3) is 5.78 Å². The maximum absolute atomic E-state index is 11.3. The minimum absolute atomic E-state index is 0.125. The Balaban J connectivity index is 2.99. The summed E-state index contributed by atoms with van der Waals surface area (Å²) in [5.74, 6) is 0.125. The van der Waals surface area contributed by atoms with Crippen LogP contribution in [0.2, 0.25) is 0 Å². The molecule has 1 N–H and O–H groups in total. The summed E-state index contributed by atoms with van der Waals surface area (Å²) in [6.45, 7) is 1.61. The molecule has 0 spiro atoms. The molecule has 80 valence electrons. The highest BCUT2D eigenvalue weighted by atomic mass is 32.2. The number of H-pyrrole nitrogens is 1. The van der Waals surface area contributed by atoms with Crippen molar-refractivity contribution in [2.75, 3.05) is 6.26 Å². The van der Waals surface area contributed by atoms with Gasteiger partial charge >= 0.3 is 0 Å². The van der Waals surface area contributed by atoms with Crippen molar-refractivity contribution >= 4 is 15.6 Å². The number of hydrogen-bond acceptors (Lipinski definition) is 5. The molecule has 0 atom stereocenters. The second-order valence-corrected chi connectivity index (χ2v) is 5.10. The first-order chi connectivity index (χ1) is 6.89. The zero-order chi connectivity index (χ0) is 11.2. The van der Waals surface area contributed by atoms with Crippen molar-refractivity contribution < 1.29 is 8.42 Å². The molecule has 2 heterocycles. The standard InChI is InChI=1S/C7H8N4O3S/c1-4-3-5(12)8-6-9-10-7(11(4)6)15(2,13)14/h3H,1-2H3,(H,8,9,12). The van der Waals surface area contributed by atoms with Crippen molar-refractivity contribution in [1.82, 2.24) is 19.6 Å². The normalized spacial score (nSPS) is 12.1. The number of nitrogens with zero attached hydrogens (tertiary/aromatic N) is 3. The molecule has 0 radical (unpaired) electrons. The Morgan fingerprint density at radius 2 is 2.07 bits per heavy atom. The third-order valence-electron chi connectivity index (χ3n) is 1.89. The summed E-state index contributed by atoms with van der Waals surface area (Å²) in [6.07, 6.45) is 1.04. The fourth-order valence-electron chi connectivity index (χ4n) is 1.31. The lowest BCUT2D eigenvalue weighted by Crippen LogP contribution is -2.12. The van der Waals surface area contributed by atoms with Crippen LogP contribution in [-0.4, -0.2) is 34.3 Å². The Labute approximate surface area is 84.7 Å². The van der Waals surface area contributed by atoms with Gasteiger partial charge in [0.2, 0.25) is 15.6 Å². The molecule has 0 aliphatic heterocycles. The van der Waals surface area contributed by atoms with E-state index < -0.39 is 9.84 Å². The Hall–Kier alpha value is -1.70. The summed E-state index contributed by atoms with van der Waals surface area (Å²) >= 11 is 0. The molecule has 7 nitrogen and oxygen atoms in total. The molecule has 0 fully saturated rings. The molecule has 0 aromatic carbocycles. The Morgan fingerprint density at radius 1 is 1.40 bits per heavy atom. The van der Waals surface area contributed by atoms with Gasteiger partial charge in [-0.3, -0.25) is 14.2 Å². The van der Waals surface area contributed by atoms with Crippen molar-refractivity contribution in [3.8, 4) is 0 Å². The molecule has 15 heavy (non-hydrogen) atoms. The lowest BCUT2D eigenvalue weighted by molar-refractivity contribution is 0.590. The smallest absolute Gasteiger partial charge is 0.255 e. The Morgan fingerprint density at radius 3 is 2.67 bits per heavy atom. The first-order valence-corrected chi connectivity index (χ1v) is 5.94. The average Bonchev–Trinajstić information content (AvgIpc) is 2.45. The molecule has 0 saturated carbocycles. The van der Waals surface area contributed by atoms with Crippen molar-refractivity contribution in [3.05, 3.63) is 22.1 Å². The maximum Gasteiger partial charge on any atom is 0.255 e. The van der Waals surface area contributed by atoms with Crippen LogP contribution in [0.1, 0.15) is 5.69 Å². The van der Waals surface area contributed by atoms with Crippen LogP contribution in [0.4, 0.5) is 0 Å². The zero-order valence-electron chi connectivity index (χ0n) is 8.05. The van der Waals surface area contributed by atoms with Gasteiger partial charge in [-0.25, -0.2) is 8.42 Å². The average molecular weight is 228 g/mol. The minimum Gasteiger partial charge on any atom is -0.291 e. The number of sulfone groups is 1. The van der Waals surface area contributed by atoms with Gasteiger partial charge in [0.15, 0.2) is 0 Å². The van der Waals surface area contributed by atoms with Crippen molar-refractivity contribution in [3.63, 3.8) is 0 Å². The number of hydrogen-bond donors (Lipinski definition) is 1. The molecule has 2 aromatic heterocycles. The highest BCUT2D eigenvalue weighted by Crippen LogP contribution is 2.08. The zero-order valence-corrected chi connectivity index (χ0v) is 8.87. The van der Waals surface area contributed by atoms with Gasteiger partial charge in [-0.2, -0.15) is 0 Å². The molecule has 0 saturated heterocycles. The van der Waals surface area contributed by atoms with E-state index in [-0.39, 0.29) is 16.5 Å². The fourth-order valence-corrected chi connectivity index (χ4v) is 2.06. The van der Waals surface area contributed by atoms with E-state index in [1.54, 1.807) is 6.92 Å². The molecule has 0 unspecified atom stereocenters. The molecular formula is C7H8N4O3S. The van der Waals surface area contributed by atoms with Crippen LogP contribution in [0, 0.1) is 6.92 Å². The number of fused-ring (bicyclic) bond motifs is 1. The van der Waals surface area contributed by atoms with E-state index in [4.69, 9.17) is 0 Å². The number of aryl methyl sites for hydroxylation is 1. The van der Waals surface area contributed by atoms with Crippen LogP contribution >= 0.6 is 0 Å². The van der Waals surface area contributed by atoms with Crippen molar-refractivity contribution in [2.24, 2.45) is 0 Å². The first kappa shape index (κ1) is 9.84. The van der Waals surface area contributed by atoms with Crippen molar-refractivity contribution in [1.29, 1.82) is 0 Å². The van der Waals surface area contributed by atoms with Crippen LogP contribution in [0.3, 0.4) is 0 Å². The molecular weight excluding hydrogens is 220 g/mol. The third-order valence-corrected chi connectivity index (χ3v) is 2.82. The summed E-state index contributed by atoms with van der Waals surface area (Å²) in [5, 5.41) is 6.93. The SMILES string of the molecule is Cc1cc(=O)[nH]c2nnc(S(C)(=O)=O)n12. The van der Waals surface area contributed by atoms with Gasteiger partial charge in [0.1, 0.15) is 0 Å². The molecule has 0 aliphatic carbocycles. The van der Waals surface area contributed by atoms with Crippen LogP contribution in [0.5, 0.6) is 0 Å². The number of aromatic amines is 1. The van der Waals surface area contributed by atoms with E-state index in [0.29, 0.717) is 5.69 Å². The largest absolute Gasteiger partial charge is 0.291 e.